The highest BCUT2D eigenvalue weighted by atomic mass is 19.1. The maximum absolute atomic E-state index is 14.7. The van der Waals surface area contributed by atoms with Crippen molar-refractivity contribution < 1.29 is 14.3 Å². The van der Waals surface area contributed by atoms with E-state index in [1.165, 1.54) is 12.3 Å². The zero-order valence-electron chi connectivity index (χ0n) is 16.8. The molecule has 0 radical (unpaired) electrons. The zero-order chi connectivity index (χ0) is 21.8. The second-order valence-corrected chi connectivity index (χ2v) is 7.03. The van der Waals surface area contributed by atoms with E-state index >= 15 is 0 Å². The molecule has 0 aliphatic heterocycles. The molecule has 2 aromatic heterocycles. The van der Waals surface area contributed by atoms with Crippen molar-refractivity contribution in [3.05, 3.63) is 101 Å². The van der Waals surface area contributed by atoms with Crippen molar-refractivity contribution in [3.8, 4) is 0 Å². The van der Waals surface area contributed by atoms with Gasteiger partial charge in [-0.3, -0.25) is 10.1 Å². The van der Waals surface area contributed by atoms with E-state index in [1.54, 1.807) is 18.5 Å². The number of hydrogen-bond acceptors (Lipinski definition) is 3. The number of hydrogen-bond donors (Lipinski definition) is 2. The van der Waals surface area contributed by atoms with Crippen LogP contribution < -0.4 is 0 Å². The molecule has 154 valence electrons. The van der Waals surface area contributed by atoms with Gasteiger partial charge in [0.1, 0.15) is 5.82 Å². The smallest absolute Gasteiger partial charge is 0.328 e. The lowest BCUT2D eigenvalue weighted by molar-refractivity contribution is -0.131. The second kappa shape index (κ2) is 8.75. The Bertz CT molecular complexity index is 1300. The Morgan fingerprint density at radius 1 is 1.10 bits per heavy atom. The summed E-state index contributed by atoms with van der Waals surface area (Å²) in [5, 5.41) is 16.9. The van der Waals surface area contributed by atoms with E-state index in [0.717, 1.165) is 44.8 Å². The van der Waals surface area contributed by atoms with E-state index in [2.05, 4.69) is 15.2 Å². The monoisotopic (exact) mass is 413 g/mol. The Morgan fingerprint density at radius 2 is 1.87 bits per heavy atom. The molecule has 0 amide bonds. The standard InChI is InChI=1S/C25H20FN3O2/c1-2-20(21-11-12-27-15-22(21)26)25(18-8-9-23-19(13-18)14-28-29-23)17-6-3-16(4-7-17)5-10-24(30)31/h3-15H,2H2,1H3,(H,28,29)(H,30,31). The highest BCUT2D eigenvalue weighted by Crippen LogP contribution is 2.36. The van der Waals surface area contributed by atoms with E-state index in [0.29, 0.717) is 12.0 Å². The first-order chi connectivity index (χ1) is 15.1. The molecular formula is C25H20FN3O2. The topological polar surface area (TPSA) is 78.9 Å². The minimum Gasteiger partial charge on any atom is -0.478 e. The van der Waals surface area contributed by atoms with Gasteiger partial charge in [0, 0.05) is 23.2 Å². The van der Waals surface area contributed by atoms with Gasteiger partial charge in [-0.2, -0.15) is 5.10 Å². The van der Waals surface area contributed by atoms with Crippen LogP contribution in [0.25, 0.3) is 28.1 Å². The zero-order valence-corrected chi connectivity index (χ0v) is 16.8. The number of halogens is 1. The minimum atomic E-state index is -1.00. The van der Waals surface area contributed by atoms with E-state index < -0.39 is 5.97 Å². The van der Waals surface area contributed by atoms with Crippen molar-refractivity contribution in [2.24, 2.45) is 0 Å². The number of benzene rings is 2. The molecule has 5 nitrogen and oxygen atoms in total. The fourth-order valence-electron chi connectivity index (χ4n) is 3.66. The molecule has 0 atom stereocenters. The molecule has 2 heterocycles. The summed E-state index contributed by atoms with van der Waals surface area (Å²) in [5.74, 6) is -1.37. The molecule has 4 rings (SSSR count). The van der Waals surface area contributed by atoms with E-state index in [4.69, 9.17) is 5.11 Å². The number of carbonyl (C=O) groups is 1. The van der Waals surface area contributed by atoms with Crippen molar-refractivity contribution in [2.75, 3.05) is 0 Å². The number of carboxylic acid groups (broad SMARTS) is 1. The number of carboxylic acids is 1. The van der Waals surface area contributed by atoms with Gasteiger partial charge in [-0.15, -0.1) is 0 Å². The lowest BCUT2D eigenvalue weighted by Crippen LogP contribution is -1.98. The molecule has 0 aliphatic rings. The molecule has 4 aromatic rings. The van der Waals surface area contributed by atoms with Crippen molar-refractivity contribution in [3.63, 3.8) is 0 Å². The first kappa shape index (κ1) is 20.2. The Hall–Kier alpha value is -4.06. The Labute approximate surface area is 178 Å². The van der Waals surface area contributed by atoms with E-state index in [-0.39, 0.29) is 5.82 Å². The molecule has 0 fully saturated rings. The number of nitrogens with one attached hydrogen (secondary N) is 1. The number of nitrogens with zero attached hydrogens (tertiary/aromatic N) is 2. The van der Waals surface area contributed by atoms with Crippen molar-refractivity contribution in [2.45, 2.75) is 13.3 Å². The largest absolute Gasteiger partial charge is 0.478 e. The molecule has 0 unspecified atom stereocenters. The molecule has 0 bridgehead atoms. The summed E-state index contributed by atoms with van der Waals surface area (Å²) in [6, 6.07) is 15.2. The average Bonchev–Trinajstić information content (AvgIpc) is 3.25. The third-order valence-corrected chi connectivity index (χ3v) is 5.10. The van der Waals surface area contributed by atoms with Crippen LogP contribution >= 0.6 is 0 Å². The minimum absolute atomic E-state index is 0.373. The quantitative estimate of drug-likeness (QED) is 0.406. The predicted molar refractivity (Wildman–Crippen MR) is 120 cm³/mol. The van der Waals surface area contributed by atoms with Gasteiger partial charge in [0.2, 0.25) is 0 Å². The molecule has 0 aliphatic carbocycles. The van der Waals surface area contributed by atoms with Crippen LogP contribution in [-0.2, 0) is 4.79 Å². The molecule has 0 spiro atoms. The van der Waals surface area contributed by atoms with Crippen LogP contribution in [0.3, 0.4) is 0 Å². The highest BCUT2D eigenvalue weighted by Gasteiger charge is 2.16. The first-order valence-corrected chi connectivity index (χ1v) is 9.85. The third kappa shape index (κ3) is 4.28. The molecule has 2 N–H and O–H groups in total. The van der Waals surface area contributed by atoms with Crippen LogP contribution in [0.15, 0.2) is 73.2 Å². The summed E-state index contributed by atoms with van der Waals surface area (Å²) < 4.78 is 14.7. The summed E-state index contributed by atoms with van der Waals surface area (Å²) in [4.78, 5) is 14.7. The molecule has 0 saturated heterocycles. The van der Waals surface area contributed by atoms with E-state index in [9.17, 15) is 9.18 Å². The molecule has 31 heavy (non-hydrogen) atoms. The highest BCUT2D eigenvalue weighted by molar-refractivity contribution is 6.00. The lowest BCUT2D eigenvalue weighted by Gasteiger charge is -2.17. The number of fused-ring (bicyclic) bond motifs is 1. The summed E-state index contributed by atoms with van der Waals surface area (Å²) >= 11 is 0. The molecular weight excluding hydrogens is 393 g/mol. The summed E-state index contributed by atoms with van der Waals surface area (Å²) in [6.07, 6.45) is 7.82. The Morgan fingerprint density at radius 3 is 2.58 bits per heavy atom. The van der Waals surface area contributed by atoms with Gasteiger partial charge >= 0.3 is 5.97 Å². The number of aromatic nitrogens is 3. The molecule has 0 saturated carbocycles. The fraction of sp³-hybridized carbons (Fsp3) is 0.0800. The third-order valence-electron chi connectivity index (χ3n) is 5.10. The van der Waals surface area contributed by atoms with Gasteiger partial charge in [0.15, 0.2) is 0 Å². The summed E-state index contributed by atoms with van der Waals surface area (Å²) in [6.45, 7) is 2.00. The first-order valence-electron chi connectivity index (χ1n) is 9.85. The molecule has 6 heteroatoms. The van der Waals surface area contributed by atoms with Gasteiger partial charge in [0.25, 0.3) is 0 Å². The fourth-order valence-corrected chi connectivity index (χ4v) is 3.66. The van der Waals surface area contributed by atoms with Gasteiger partial charge < -0.3 is 5.11 Å². The average molecular weight is 413 g/mol. The van der Waals surface area contributed by atoms with Crippen molar-refractivity contribution in [1.29, 1.82) is 0 Å². The van der Waals surface area contributed by atoms with Gasteiger partial charge in [0.05, 0.1) is 17.9 Å². The number of aromatic amines is 1. The summed E-state index contributed by atoms with van der Waals surface area (Å²) in [5.41, 5.74) is 5.81. The number of allylic oxidation sites excluding steroid dienone is 1. The van der Waals surface area contributed by atoms with Crippen LogP contribution in [0, 0.1) is 5.82 Å². The maximum Gasteiger partial charge on any atom is 0.328 e. The molecule has 2 aromatic carbocycles. The SMILES string of the molecule is CCC(=C(c1ccc(C=CC(=O)O)cc1)c1ccc2[nH]ncc2c1)c1ccncc1F. The van der Waals surface area contributed by atoms with Crippen LogP contribution in [-0.4, -0.2) is 26.3 Å². The lowest BCUT2D eigenvalue weighted by atomic mass is 9.87. The van der Waals surface area contributed by atoms with Gasteiger partial charge in [-0.25, -0.2) is 9.18 Å². The van der Waals surface area contributed by atoms with Gasteiger partial charge in [-0.05, 0) is 58.5 Å². The number of pyridine rings is 1. The van der Waals surface area contributed by atoms with Crippen LogP contribution in [0.5, 0.6) is 0 Å². The Balaban J connectivity index is 1.92. The normalized spacial score (nSPS) is 12.3. The van der Waals surface area contributed by atoms with E-state index in [1.807, 2.05) is 49.4 Å². The number of rotatable bonds is 6. The van der Waals surface area contributed by atoms with Crippen LogP contribution in [0.1, 0.15) is 35.6 Å². The van der Waals surface area contributed by atoms with Crippen LogP contribution in [0.4, 0.5) is 4.39 Å². The van der Waals surface area contributed by atoms with Crippen molar-refractivity contribution >= 4 is 34.1 Å². The second-order valence-electron chi connectivity index (χ2n) is 7.03. The summed E-state index contributed by atoms with van der Waals surface area (Å²) in [7, 11) is 0. The number of H-pyrrole nitrogens is 1. The number of aliphatic carboxylic acids is 1. The Kier molecular flexibility index (Phi) is 5.71. The van der Waals surface area contributed by atoms with Crippen LogP contribution in [0.2, 0.25) is 0 Å². The van der Waals surface area contributed by atoms with Crippen molar-refractivity contribution in [1.82, 2.24) is 15.2 Å². The van der Waals surface area contributed by atoms with Gasteiger partial charge in [-0.1, -0.05) is 37.3 Å². The predicted octanol–water partition coefficient (Wildman–Crippen LogP) is 5.56. The maximum atomic E-state index is 14.7.